The summed E-state index contributed by atoms with van der Waals surface area (Å²) < 4.78 is 14.7. The largest absolute Gasteiger partial charge is 0.384 e. The zero-order valence-corrected chi connectivity index (χ0v) is 17.3. The lowest BCUT2D eigenvalue weighted by molar-refractivity contribution is 0.102. The van der Waals surface area contributed by atoms with Crippen molar-refractivity contribution in [2.75, 3.05) is 5.73 Å². The molecule has 0 aliphatic heterocycles. The monoisotopic (exact) mass is 441 g/mol. The minimum absolute atomic E-state index is 0.0325. The average molecular weight is 442 g/mol. The van der Waals surface area contributed by atoms with Crippen LogP contribution in [0, 0.1) is 17.3 Å². The highest BCUT2D eigenvalue weighted by atomic mass is 35.5. The zero-order valence-electron chi connectivity index (χ0n) is 16.6. The number of hydrogen-bond acceptors (Lipinski definition) is 6. The van der Waals surface area contributed by atoms with E-state index in [4.69, 9.17) is 17.3 Å². The maximum Gasteiger partial charge on any atom is 0.329 e. The molecule has 0 aliphatic rings. The van der Waals surface area contributed by atoms with Crippen molar-refractivity contribution in [2.24, 2.45) is 0 Å². The number of pyridine rings is 1. The Kier molecular flexibility index (Phi) is 6.04. The third kappa shape index (κ3) is 4.54. The third-order valence-corrected chi connectivity index (χ3v) is 4.75. The number of benzene rings is 1. The Labute approximate surface area is 180 Å². The first-order valence-corrected chi connectivity index (χ1v) is 9.52. The number of anilines is 1. The molecular weight excluding hydrogens is 425 g/mol. The fraction of sp³-hybridized carbons (Fsp3) is 0.190. The van der Waals surface area contributed by atoms with Crippen LogP contribution < -0.4 is 17.0 Å². The molecule has 0 fully saturated rings. The highest BCUT2D eigenvalue weighted by Crippen LogP contribution is 2.22. The van der Waals surface area contributed by atoms with Crippen molar-refractivity contribution in [3.05, 3.63) is 90.1 Å². The number of carbonyl (C=O) groups is 1. The lowest BCUT2D eigenvalue weighted by atomic mass is 9.96. The van der Waals surface area contributed by atoms with Gasteiger partial charge in [-0.15, -0.1) is 0 Å². The number of aromatic amines is 1. The standard InChI is InChI=1S/C21H17ClFN5O3/c1-10(2)17-18(19(29)13-3-11(8-24)4-14(22)7-13)28(21(31)27-20(17)30)9-12-5-15(23)26-16(25)6-12/h3-7,10H,9H2,1-2H3,(H2,25,26)(H,27,30,31). The first-order valence-electron chi connectivity index (χ1n) is 9.15. The summed E-state index contributed by atoms with van der Waals surface area (Å²) in [4.78, 5) is 44.3. The van der Waals surface area contributed by atoms with Crippen molar-refractivity contribution in [1.29, 1.82) is 5.26 Å². The molecule has 0 atom stereocenters. The number of nitrogen functional groups attached to an aromatic ring is 1. The summed E-state index contributed by atoms with van der Waals surface area (Å²) in [5.74, 6) is -2.05. The molecule has 0 unspecified atom stereocenters. The number of nitrogens with zero attached hydrogens (tertiary/aromatic N) is 3. The molecule has 31 heavy (non-hydrogen) atoms. The van der Waals surface area contributed by atoms with Crippen LogP contribution in [0.25, 0.3) is 0 Å². The number of nitriles is 1. The summed E-state index contributed by atoms with van der Waals surface area (Å²) in [5, 5.41) is 9.34. The van der Waals surface area contributed by atoms with Gasteiger partial charge in [0.1, 0.15) is 11.5 Å². The second-order valence-corrected chi connectivity index (χ2v) is 7.59. The predicted octanol–water partition coefficient (Wildman–Crippen LogP) is 2.58. The molecule has 0 radical (unpaired) electrons. The van der Waals surface area contributed by atoms with Gasteiger partial charge in [0.15, 0.2) is 0 Å². The Hall–Kier alpha value is -3.77. The van der Waals surface area contributed by atoms with Crippen LogP contribution in [-0.2, 0) is 6.54 Å². The molecule has 0 aliphatic carbocycles. The highest BCUT2D eigenvalue weighted by molar-refractivity contribution is 6.31. The van der Waals surface area contributed by atoms with Crippen LogP contribution >= 0.6 is 11.6 Å². The van der Waals surface area contributed by atoms with Crippen molar-refractivity contribution >= 4 is 23.2 Å². The van der Waals surface area contributed by atoms with Crippen molar-refractivity contribution in [1.82, 2.24) is 14.5 Å². The van der Waals surface area contributed by atoms with Gasteiger partial charge in [0.25, 0.3) is 5.56 Å². The van der Waals surface area contributed by atoms with E-state index < -0.39 is 28.9 Å². The van der Waals surface area contributed by atoms with Crippen LogP contribution in [0.3, 0.4) is 0 Å². The molecule has 8 nitrogen and oxygen atoms in total. The lowest BCUT2D eigenvalue weighted by Gasteiger charge is -2.18. The van der Waals surface area contributed by atoms with Gasteiger partial charge in [-0.1, -0.05) is 25.4 Å². The summed E-state index contributed by atoms with van der Waals surface area (Å²) >= 11 is 6.03. The summed E-state index contributed by atoms with van der Waals surface area (Å²) in [5.41, 5.74) is 4.37. The topological polar surface area (TPSA) is 135 Å². The molecule has 158 valence electrons. The Morgan fingerprint density at radius 1 is 1.29 bits per heavy atom. The normalized spacial score (nSPS) is 10.8. The third-order valence-electron chi connectivity index (χ3n) is 4.53. The summed E-state index contributed by atoms with van der Waals surface area (Å²) in [6, 6.07) is 8.38. The van der Waals surface area contributed by atoms with Gasteiger partial charge in [0.05, 0.1) is 18.2 Å². The van der Waals surface area contributed by atoms with Gasteiger partial charge >= 0.3 is 5.69 Å². The van der Waals surface area contributed by atoms with E-state index >= 15 is 0 Å². The van der Waals surface area contributed by atoms with Crippen LogP contribution in [0.5, 0.6) is 0 Å². The van der Waals surface area contributed by atoms with Crippen LogP contribution in [0.1, 0.15) is 52.5 Å². The zero-order chi connectivity index (χ0) is 22.9. The molecule has 10 heteroatoms. The molecule has 2 aromatic heterocycles. The number of hydrogen-bond donors (Lipinski definition) is 2. The Morgan fingerprint density at radius 3 is 2.61 bits per heavy atom. The SMILES string of the molecule is CC(C)c1c(C(=O)c2cc(Cl)cc(C#N)c2)n(Cc2cc(N)nc(F)c2)c(=O)[nH]c1=O. The van der Waals surface area contributed by atoms with Crippen molar-refractivity contribution < 1.29 is 9.18 Å². The maximum absolute atomic E-state index is 13.7. The van der Waals surface area contributed by atoms with Crippen LogP contribution in [-0.4, -0.2) is 20.3 Å². The van der Waals surface area contributed by atoms with E-state index in [0.717, 1.165) is 10.6 Å². The summed E-state index contributed by atoms with van der Waals surface area (Å²) in [6.45, 7) is 3.14. The Morgan fingerprint density at radius 2 is 2.00 bits per heavy atom. The van der Waals surface area contributed by atoms with E-state index in [-0.39, 0.29) is 45.3 Å². The van der Waals surface area contributed by atoms with Gasteiger partial charge in [-0.25, -0.2) is 9.78 Å². The molecule has 1 aromatic carbocycles. The fourth-order valence-electron chi connectivity index (χ4n) is 3.29. The van der Waals surface area contributed by atoms with Gasteiger partial charge in [-0.2, -0.15) is 9.65 Å². The molecule has 0 saturated carbocycles. The molecular formula is C21H17ClFN5O3. The molecule has 2 heterocycles. The van der Waals surface area contributed by atoms with Gasteiger partial charge < -0.3 is 5.73 Å². The number of carbonyl (C=O) groups excluding carboxylic acids is 1. The number of halogens is 2. The molecule has 0 bridgehead atoms. The molecule has 3 N–H and O–H groups in total. The quantitative estimate of drug-likeness (QED) is 0.461. The number of aromatic nitrogens is 3. The Bertz CT molecular complexity index is 1330. The fourth-order valence-corrected chi connectivity index (χ4v) is 3.52. The summed E-state index contributed by atoms with van der Waals surface area (Å²) in [7, 11) is 0. The van der Waals surface area contributed by atoms with E-state index in [1.807, 2.05) is 6.07 Å². The minimum atomic E-state index is -0.851. The molecule has 0 saturated heterocycles. The second kappa shape index (κ2) is 8.53. The van der Waals surface area contributed by atoms with Crippen molar-refractivity contribution in [3.8, 4) is 6.07 Å². The van der Waals surface area contributed by atoms with Crippen LogP contribution in [0.15, 0.2) is 39.9 Å². The number of nitrogens with two attached hydrogens (primary N) is 1. The first kappa shape index (κ1) is 21.9. The van der Waals surface area contributed by atoms with E-state index in [1.54, 1.807) is 13.8 Å². The average Bonchev–Trinajstić information content (AvgIpc) is 2.67. The lowest BCUT2D eigenvalue weighted by Crippen LogP contribution is -2.38. The predicted molar refractivity (Wildman–Crippen MR) is 113 cm³/mol. The van der Waals surface area contributed by atoms with E-state index in [2.05, 4.69) is 9.97 Å². The number of nitrogens with one attached hydrogen (secondary N) is 1. The van der Waals surface area contributed by atoms with Gasteiger partial charge in [-0.05, 0) is 41.8 Å². The highest BCUT2D eigenvalue weighted by Gasteiger charge is 2.25. The molecule has 3 rings (SSSR count). The van der Waals surface area contributed by atoms with Gasteiger partial charge in [0.2, 0.25) is 11.7 Å². The minimum Gasteiger partial charge on any atom is -0.384 e. The number of H-pyrrole nitrogens is 1. The van der Waals surface area contributed by atoms with Crippen molar-refractivity contribution in [2.45, 2.75) is 26.3 Å². The van der Waals surface area contributed by atoms with Gasteiger partial charge in [0, 0.05) is 16.1 Å². The number of ketones is 1. The first-order chi connectivity index (χ1) is 14.6. The van der Waals surface area contributed by atoms with E-state index in [0.29, 0.717) is 0 Å². The second-order valence-electron chi connectivity index (χ2n) is 7.15. The van der Waals surface area contributed by atoms with Crippen molar-refractivity contribution in [3.63, 3.8) is 0 Å². The molecule has 0 spiro atoms. The van der Waals surface area contributed by atoms with E-state index in [9.17, 15) is 24.0 Å². The Balaban J connectivity index is 2.30. The van der Waals surface area contributed by atoms with Gasteiger partial charge in [-0.3, -0.25) is 19.1 Å². The van der Waals surface area contributed by atoms with Crippen LogP contribution in [0.2, 0.25) is 5.02 Å². The molecule has 3 aromatic rings. The van der Waals surface area contributed by atoms with E-state index in [1.165, 1.54) is 24.3 Å². The van der Waals surface area contributed by atoms with Crippen LogP contribution in [0.4, 0.5) is 10.2 Å². The number of rotatable bonds is 5. The maximum atomic E-state index is 13.7. The summed E-state index contributed by atoms with van der Waals surface area (Å²) in [6.07, 6.45) is 0. The smallest absolute Gasteiger partial charge is 0.329 e. The molecule has 0 amide bonds.